The molecule has 0 heterocycles. The first-order valence-electron chi connectivity index (χ1n) is 11.0. The van der Waals surface area contributed by atoms with Gasteiger partial charge in [-0.1, -0.05) is 53.6 Å². The molecule has 0 aliphatic carbocycles. The molecule has 0 unspecified atom stereocenters. The van der Waals surface area contributed by atoms with E-state index < -0.39 is 0 Å². The Balaban J connectivity index is 1.81. The molecule has 0 radical (unpaired) electrons. The summed E-state index contributed by atoms with van der Waals surface area (Å²) in [6.07, 6.45) is 0. The summed E-state index contributed by atoms with van der Waals surface area (Å²) in [6, 6.07) is 29.1. The molecule has 0 fully saturated rings. The summed E-state index contributed by atoms with van der Waals surface area (Å²) in [4.78, 5) is 2.35. The molecule has 0 aliphatic heterocycles. The van der Waals surface area contributed by atoms with Crippen LogP contribution in [0.25, 0.3) is 11.1 Å². The van der Waals surface area contributed by atoms with Crippen molar-refractivity contribution < 1.29 is 0 Å². The van der Waals surface area contributed by atoms with Crippen LogP contribution in [0.5, 0.6) is 0 Å². The smallest absolute Gasteiger partial charge is 0.0464 e. The van der Waals surface area contributed by atoms with Crippen molar-refractivity contribution >= 4 is 17.1 Å². The highest BCUT2D eigenvalue weighted by atomic mass is 15.1. The molecule has 0 spiro atoms. The Kier molecular flexibility index (Phi) is 5.69. The summed E-state index contributed by atoms with van der Waals surface area (Å²) in [6.45, 7) is 13.0. The highest BCUT2D eigenvalue weighted by Gasteiger charge is 2.14. The van der Waals surface area contributed by atoms with E-state index in [9.17, 15) is 0 Å². The van der Waals surface area contributed by atoms with Crippen LogP contribution >= 0.6 is 0 Å². The summed E-state index contributed by atoms with van der Waals surface area (Å²) < 4.78 is 0. The fourth-order valence-electron chi connectivity index (χ4n) is 4.12. The third-order valence-corrected chi connectivity index (χ3v) is 6.18. The Hall–Kier alpha value is -3.32. The highest BCUT2D eigenvalue weighted by Crippen LogP contribution is 2.37. The van der Waals surface area contributed by atoms with Crippen LogP contribution in [-0.4, -0.2) is 0 Å². The van der Waals surface area contributed by atoms with Crippen molar-refractivity contribution in [2.24, 2.45) is 0 Å². The van der Waals surface area contributed by atoms with Gasteiger partial charge in [-0.25, -0.2) is 0 Å². The van der Waals surface area contributed by atoms with Gasteiger partial charge in [-0.2, -0.15) is 0 Å². The first-order valence-corrected chi connectivity index (χ1v) is 11.0. The lowest BCUT2D eigenvalue weighted by Crippen LogP contribution is -2.10. The lowest BCUT2D eigenvalue weighted by Gasteiger charge is -2.27. The Bertz CT molecular complexity index is 1160. The molecule has 0 bridgehead atoms. The van der Waals surface area contributed by atoms with E-state index in [1.165, 1.54) is 61.6 Å². The van der Waals surface area contributed by atoms with Crippen molar-refractivity contribution in [2.75, 3.05) is 4.90 Å². The van der Waals surface area contributed by atoms with E-state index in [1.54, 1.807) is 0 Å². The van der Waals surface area contributed by atoms with Gasteiger partial charge >= 0.3 is 0 Å². The van der Waals surface area contributed by atoms with Gasteiger partial charge in [-0.3, -0.25) is 0 Å². The van der Waals surface area contributed by atoms with Gasteiger partial charge in [-0.15, -0.1) is 0 Å². The number of anilines is 3. The predicted molar refractivity (Wildman–Crippen MR) is 135 cm³/mol. The topological polar surface area (TPSA) is 3.24 Å². The second kappa shape index (κ2) is 8.43. The van der Waals surface area contributed by atoms with E-state index in [1.807, 2.05) is 0 Å². The molecule has 0 N–H and O–H groups in total. The quantitative estimate of drug-likeness (QED) is 0.328. The minimum Gasteiger partial charge on any atom is -0.310 e. The molecule has 31 heavy (non-hydrogen) atoms. The molecule has 1 heteroatoms. The standard InChI is InChI=1S/C30H31N/c1-20-15-21(2)17-27(16-20)26-9-13-28(14-10-26)31(29-11-7-22(3)24(5)18-29)30-12-8-23(4)25(6)19-30/h7-19H,1-6H3. The molecule has 0 aromatic heterocycles. The highest BCUT2D eigenvalue weighted by molar-refractivity contribution is 5.79. The maximum Gasteiger partial charge on any atom is 0.0464 e. The zero-order chi connectivity index (χ0) is 22.1. The van der Waals surface area contributed by atoms with Crippen molar-refractivity contribution in [1.82, 2.24) is 0 Å². The number of hydrogen-bond acceptors (Lipinski definition) is 1. The molecule has 0 aliphatic rings. The average molecular weight is 406 g/mol. The Morgan fingerprint density at radius 3 is 1.29 bits per heavy atom. The number of aryl methyl sites for hydroxylation is 6. The summed E-state index contributed by atoms with van der Waals surface area (Å²) in [5.74, 6) is 0. The second-order valence-corrected chi connectivity index (χ2v) is 8.80. The van der Waals surface area contributed by atoms with E-state index in [0.29, 0.717) is 0 Å². The van der Waals surface area contributed by atoms with Crippen molar-refractivity contribution in [3.63, 3.8) is 0 Å². The van der Waals surface area contributed by atoms with Gasteiger partial charge in [0, 0.05) is 17.1 Å². The van der Waals surface area contributed by atoms with Crippen LogP contribution in [0.4, 0.5) is 17.1 Å². The molecule has 4 aromatic carbocycles. The van der Waals surface area contributed by atoms with Gasteiger partial charge in [0.25, 0.3) is 0 Å². The first-order chi connectivity index (χ1) is 14.8. The van der Waals surface area contributed by atoms with Crippen molar-refractivity contribution in [1.29, 1.82) is 0 Å². The maximum absolute atomic E-state index is 2.35. The molecular weight excluding hydrogens is 374 g/mol. The average Bonchev–Trinajstić information content (AvgIpc) is 2.73. The van der Waals surface area contributed by atoms with E-state index in [-0.39, 0.29) is 0 Å². The van der Waals surface area contributed by atoms with E-state index in [2.05, 4.69) is 125 Å². The first kappa shape index (κ1) is 20.9. The number of hydrogen-bond donors (Lipinski definition) is 0. The minimum atomic E-state index is 1.17. The van der Waals surface area contributed by atoms with E-state index >= 15 is 0 Å². The third kappa shape index (κ3) is 4.41. The Morgan fingerprint density at radius 2 is 0.839 bits per heavy atom. The zero-order valence-corrected chi connectivity index (χ0v) is 19.5. The summed E-state index contributed by atoms with van der Waals surface area (Å²) in [5.41, 5.74) is 13.9. The van der Waals surface area contributed by atoms with Crippen LogP contribution < -0.4 is 4.90 Å². The molecule has 0 amide bonds. The molecule has 1 nitrogen and oxygen atoms in total. The van der Waals surface area contributed by atoms with E-state index in [0.717, 1.165) is 0 Å². The van der Waals surface area contributed by atoms with E-state index in [4.69, 9.17) is 0 Å². The molecule has 4 aromatic rings. The summed E-state index contributed by atoms with van der Waals surface area (Å²) in [5, 5.41) is 0. The third-order valence-electron chi connectivity index (χ3n) is 6.18. The number of benzene rings is 4. The lowest BCUT2D eigenvalue weighted by atomic mass is 10.00. The summed E-state index contributed by atoms with van der Waals surface area (Å²) >= 11 is 0. The Morgan fingerprint density at radius 1 is 0.387 bits per heavy atom. The van der Waals surface area contributed by atoms with Gasteiger partial charge in [-0.05, 0) is 111 Å². The number of rotatable bonds is 4. The van der Waals surface area contributed by atoms with Crippen LogP contribution in [0.3, 0.4) is 0 Å². The van der Waals surface area contributed by atoms with Gasteiger partial charge in [0.1, 0.15) is 0 Å². The monoisotopic (exact) mass is 405 g/mol. The van der Waals surface area contributed by atoms with Crippen molar-refractivity contribution in [3.05, 3.63) is 112 Å². The normalized spacial score (nSPS) is 10.9. The largest absolute Gasteiger partial charge is 0.310 e. The fraction of sp³-hybridized carbons (Fsp3) is 0.200. The van der Waals surface area contributed by atoms with Crippen LogP contribution in [0.2, 0.25) is 0 Å². The second-order valence-electron chi connectivity index (χ2n) is 8.80. The predicted octanol–water partition coefficient (Wildman–Crippen LogP) is 8.67. The molecular formula is C30H31N. The fourth-order valence-corrected chi connectivity index (χ4v) is 4.12. The molecule has 0 atom stereocenters. The van der Waals surface area contributed by atoms with Crippen LogP contribution in [0.15, 0.2) is 78.9 Å². The van der Waals surface area contributed by atoms with Crippen LogP contribution in [0.1, 0.15) is 33.4 Å². The van der Waals surface area contributed by atoms with Crippen molar-refractivity contribution in [3.8, 4) is 11.1 Å². The van der Waals surface area contributed by atoms with Gasteiger partial charge < -0.3 is 4.90 Å². The van der Waals surface area contributed by atoms with Gasteiger partial charge in [0.2, 0.25) is 0 Å². The number of nitrogens with zero attached hydrogens (tertiary/aromatic N) is 1. The van der Waals surface area contributed by atoms with Crippen LogP contribution in [-0.2, 0) is 0 Å². The molecule has 156 valence electrons. The van der Waals surface area contributed by atoms with Gasteiger partial charge in [0.05, 0.1) is 0 Å². The zero-order valence-electron chi connectivity index (χ0n) is 19.5. The maximum atomic E-state index is 2.35. The van der Waals surface area contributed by atoms with Crippen LogP contribution in [0, 0.1) is 41.5 Å². The van der Waals surface area contributed by atoms with Gasteiger partial charge in [0.15, 0.2) is 0 Å². The van der Waals surface area contributed by atoms with Crippen molar-refractivity contribution in [2.45, 2.75) is 41.5 Å². The molecule has 0 saturated carbocycles. The molecule has 4 rings (SSSR count). The SMILES string of the molecule is Cc1cc(C)cc(-c2ccc(N(c3ccc(C)c(C)c3)c3ccc(C)c(C)c3)cc2)c1. The lowest BCUT2D eigenvalue weighted by molar-refractivity contribution is 1.23. The minimum absolute atomic E-state index is 1.17. The molecule has 0 saturated heterocycles. The Labute approximate surface area is 187 Å². The summed E-state index contributed by atoms with van der Waals surface area (Å²) in [7, 11) is 0.